The van der Waals surface area contributed by atoms with Crippen molar-refractivity contribution < 1.29 is 9.47 Å². The molecule has 0 unspecified atom stereocenters. The van der Waals surface area contributed by atoms with Crippen LogP contribution < -0.4 is 9.47 Å². The van der Waals surface area contributed by atoms with E-state index in [0.717, 1.165) is 79.9 Å². The predicted octanol–water partition coefficient (Wildman–Crippen LogP) is 17.0. The smallest absolute Gasteiger partial charge is 0.119 e. The second-order valence-electron chi connectivity index (χ2n) is 15.0. The first-order valence-corrected chi connectivity index (χ1v) is 23.1. The summed E-state index contributed by atoms with van der Waals surface area (Å²) in [5.74, 6) is 1.83. The fourth-order valence-corrected chi connectivity index (χ4v) is 7.50. The highest BCUT2D eigenvalue weighted by Crippen LogP contribution is 2.31. The van der Waals surface area contributed by atoms with E-state index in [2.05, 4.69) is 149 Å². The van der Waals surface area contributed by atoms with Gasteiger partial charge in [-0.3, -0.25) is 0 Å². The standard InChI is InChI=1S/C51H66Br2O2/c1-3-5-7-9-11-13-15-17-19-21-39-54-48-35-27-44(28-36-48)50(42-23-31-46(52)32-24-42)41-51(43-25-33-47(53)34-26-43)45-29-37-49(38-30-45)55-40-22-20-18-16-14-12-10-8-6-4-2/h23-38H,3-22,39-40H2,1-2H3. The fourth-order valence-electron chi connectivity index (χ4n) is 6.97. The van der Waals surface area contributed by atoms with Crippen LogP contribution in [-0.4, -0.2) is 13.2 Å². The van der Waals surface area contributed by atoms with Gasteiger partial charge in [0, 0.05) is 20.1 Å². The third-order valence-electron chi connectivity index (χ3n) is 10.3. The summed E-state index contributed by atoms with van der Waals surface area (Å²) in [5.41, 5.74) is 10.4. The van der Waals surface area contributed by atoms with Gasteiger partial charge in [0.25, 0.3) is 0 Å². The quantitative estimate of drug-likeness (QED) is 0.0418. The van der Waals surface area contributed by atoms with Gasteiger partial charge in [0.1, 0.15) is 11.5 Å². The highest BCUT2D eigenvalue weighted by molar-refractivity contribution is 9.10. The lowest BCUT2D eigenvalue weighted by Gasteiger charge is -2.12. The van der Waals surface area contributed by atoms with E-state index in [4.69, 9.17) is 9.47 Å². The molecule has 0 atom stereocenters. The van der Waals surface area contributed by atoms with E-state index in [0.29, 0.717) is 0 Å². The van der Waals surface area contributed by atoms with Crippen LogP contribution in [-0.2, 0) is 0 Å². The van der Waals surface area contributed by atoms with E-state index in [1.807, 2.05) is 0 Å². The molecule has 4 aromatic carbocycles. The maximum absolute atomic E-state index is 6.19. The van der Waals surface area contributed by atoms with Crippen molar-refractivity contribution >= 4 is 43.0 Å². The molecular formula is C51H66Br2O2. The molecule has 0 amide bonds. The Morgan fingerprint density at radius 2 is 0.618 bits per heavy atom. The van der Waals surface area contributed by atoms with Crippen molar-refractivity contribution in [2.75, 3.05) is 13.2 Å². The van der Waals surface area contributed by atoms with Crippen LogP contribution in [0.1, 0.15) is 165 Å². The first kappa shape index (κ1) is 44.7. The molecule has 4 heteroatoms. The fraction of sp³-hybridized carbons (Fsp3) is 0.471. The summed E-state index contributed by atoms with van der Waals surface area (Å²) in [4.78, 5) is 0. The third kappa shape index (κ3) is 17.7. The summed E-state index contributed by atoms with van der Waals surface area (Å²) in [6, 6.07) is 34.1. The summed E-state index contributed by atoms with van der Waals surface area (Å²) in [5, 5.41) is 0. The molecule has 0 aliphatic carbocycles. The van der Waals surface area contributed by atoms with E-state index in [1.54, 1.807) is 0 Å². The summed E-state index contributed by atoms with van der Waals surface area (Å²) < 4.78 is 14.5. The van der Waals surface area contributed by atoms with Crippen molar-refractivity contribution in [3.05, 3.63) is 134 Å². The lowest BCUT2D eigenvalue weighted by atomic mass is 9.93. The summed E-state index contributed by atoms with van der Waals surface area (Å²) >= 11 is 7.27. The zero-order valence-corrected chi connectivity index (χ0v) is 37.0. The number of halogens is 2. The van der Waals surface area contributed by atoms with Crippen LogP contribution >= 0.6 is 31.9 Å². The van der Waals surface area contributed by atoms with E-state index < -0.39 is 0 Å². The van der Waals surface area contributed by atoms with Gasteiger partial charge in [0.2, 0.25) is 0 Å². The Bertz CT molecular complexity index is 1530. The molecule has 0 fully saturated rings. The van der Waals surface area contributed by atoms with Gasteiger partial charge in [-0.2, -0.15) is 0 Å². The second-order valence-corrected chi connectivity index (χ2v) is 16.8. The Hall–Kier alpha value is -3.04. The molecule has 0 spiro atoms. The van der Waals surface area contributed by atoms with Gasteiger partial charge in [-0.1, -0.05) is 210 Å². The Balaban J connectivity index is 1.43. The van der Waals surface area contributed by atoms with Gasteiger partial charge in [0.15, 0.2) is 0 Å². The molecule has 0 aliphatic rings. The molecule has 0 aliphatic heterocycles. The first-order valence-electron chi connectivity index (χ1n) is 21.6. The molecule has 55 heavy (non-hydrogen) atoms. The average molecular weight is 871 g/mol. The van der Waals surface area contributed by atoms with Crippen LogP contribution in [0.3, 0.4) is 0 Å². The third-order valence-corrected chi connectivity index (χ3v) is 11.4. The number of unbranched alkanes of at least 4 members (excludes halogenated alkanes) is 18. The molecule has 4 aromatic rings. The Kier molecular flexibility index (Phi) is 22.4. The minimum atomic E-state index is 0.762. The minimum Gasteiger partial charge on any atom is -0.494 e. The van der Waals surface area contributed by atoms with E-state index in [-0.39, 0.29) is 0 Å². The zero-order valence-electron chi connectivity index (χ0n) is 33.9. The van der Waals surface area contributed by atoms with E-state index >= 15 is 0 Å². The second kappa shape index (κ2) is 27.5. The van der Waals surface area contributed by atoms with Gasteiger partial charge >= 0.3 is 0 Å². The van der Waals surface area contributed by atoms with Crippen LogP contribution in [0.4, 0.5) is 0 Å². The lowest BCUT2D eigenvalue weighted by molar-refractivity contribution is 0.304. The van der Waals surface area contributed by atoms with Crippen molar-refractivity contribution in [1.29, 1.82) is 0 Å². The molecule has 0 heterocycles. The molecular weight excluding hydrogens is 804 g/mol. The van der Waals surface area contributed by atoms with Crippen LogP contribution in [0, 0.1) is 0 Å². The average Bonchev–Trinajstić information content (AvgIpc) is 3.21. The van der Waals surface area contributed by atoms with E-state index in [1.165, 1.54) is 116 Å². The van der Waals surface area contributed by atoms with Crippen molar-refractivity contribution in [1.82, 2.24) is 0 Å². The summed E-state index contributed by atoms with van der Waals surface area (Å²) in [6.07, 6.45) is 26.5. The molecule has 0 bridgehead atoms. The number of hydrogen-bond donors (Lipinski definition) is 0. The minimum absolute atomic E-state index is 0.762. The van der Waals surface area contributed by atoms with Gasteiger partial charge in [-0.05, 0) is 83.6 Å². The number of hydrogen-bond acceptors (Lipinski definition) is 2. The van der Waals surface area contributed by atoms with Crippen molar-refractivity contribution in [3.63, 3.8) is 0 Å². The topological polar surface area (TPSA) is 18.5 Å². The normalized spacial score (nSPS) is 11.0. The highest BCUT2D eigenvalue weighted by atomic mass is 79.9. The molecule has 4 rings (SSSR count). The lowest BCUT2D eigenvalue weighted by Crippen LogP contribution is -1.98. The summed E-state index contributed by atoms with van der Waals surface area (Å²) in [6.45, 7) is 6.09. The number of rotatable bonds is 28. The molecule has 0 saturated heterocycles. The van der Waals surface area contributed by atoms with E-state index in [9.17, 15) is 0 Å². The van der Waals surface area contributed by atoms with Crippen molar-refractivity contribution in [2.45, 2.75) is 142 Å². The first-order chi connectivity index (χ1) is 27.1. The van der Waals surface area contributed by atoms with Gasteiger partial charge < -0.3 is 9.47 Å². The molecule has 0 aromatic heterocycles. The Morgan fingerprint density at radius 3 is 0.909 bits per heavy atom. The molecule has 296 valence electrons. The molecule has 0 saturated carbocycles. The number of benzene rings is 4. The number of ether oxygens (including phenoxy) is 2. The largest absolute Gasteiger partial charge is 0.494 e. The predicted molar refractivity (Wildman–Crippen MR) is 244 cm³/mol. The van der Waals surface area contributed by atoms with Crippen LogP contribution in [0.15, 0.2) is 112 Å². The Morgan fingerprint density at radius 1 is 0.364 bits per heavy atom. The Labute approximate surface area is 351 Å². The molecule has 0 N–H and O–H groups in total. The molecule has 0 radical (unpaired) electrons. The zero-order chi connectivity index (χ0) is 38.8. The van der Waals surface area contributed by atoms with Crippen molar-refractivity contribution in [3.8, 4) is 11.5 Å². The maximum Gasteiger partial charge on any atom is 0.119 e. The van der Waals surface area contributed by atoms with Crippen LogP contribution in [0.25, 0.3) is 11.1 Å². The maximum atomic E-state index is 6.19. The monoisotopic (exact) mass is 868 g/mol. The summed E-state index contributed by atoms with van der Waals surface area (Å²) in [7, 11) is 0. The highest BCUT2D eigenvalue weighted by Gasteiger charge is 2.11. The van der Waals surface area contributed by atoms with Crippen molar-refractivity contribution in [2.24, 2.45) is 0 Å². The van der Waals surface area contributed by atoms with Crippen LogP contribution in [0.5, 0.6) is 11.5 Å². The SMILES string of the molecule is CCCCCCCCCCCCOc1ccc(C(=C=C(c2ccc(Br)cc2)c2ccc(OCCCCCCCCCCCC)cc2)c2ccc(Br)cc2)cc1. The van der Waals surface area contributed by atoms with Crippen LogP contribution in [0.2, 0.25) is 0 Å². The van der Waals surface area contributed by atoms with Gasteiger partial charge in [-0.15, -0.1) is 5.73 Å². The molecule has 2 nitrogen and oxygen atoms in total. The van der Waals surface area contributed by atoms with Gasteiger partial charge in [0.05, 0.1) is 13.2 Å². The van der Waals surface area contributed by atoms with Gasteiger partial charge in [-0.25, -0.2) is 0 Å².